The summed E-state index contributed by atoms with van der Waals surface area (Å²) in [6.07, 6.45) is -5.71. The van der Waals surface area contributed by atoms with Gasteiger partial charge in [0.1, 0.15) is 11.6 Å². The standard InChI is InChI=1S/C18H17F3N2O4S/c1-27-13-7-3-11(4-8-13)16-22-15(18(19,20)21)17(24)23(16)12-5-9-14(10-6-12)28(2,25)26/h3-10,15,17,24H,1-2H3. The number of ether oxygens (including phenoxy) is 1. The molecule has 0 fully saturated rings. The Bertz CT molecular complexity index is 987. The van der Waals surface area contributed by atoms with Gasteiger partial charge in [-0.1, -0.05) is 0 Å². The quantitative estimate of drug-likeness (QED) is 0.832. The van der Waals surface area contributed by atoms with Gasteiger partial charge in [-0.15, -0.1) is 0 Å². The maximum absolute atomic E-state index is 13.3. The zero-order valence-corrected chi connectivity index (χ0v) is 15.7. The Morgan fingerprint density at radius 2 is 1.64 bits per heavy atom. The second kappa shape index (κ2) is 7.10. The number of benzene rings is 2. The minimum absolute atomic E-state index is 0.0141. The first kappa shape index (κ1) is 20.2. The molecule has 0 bridgehead atoms. The molecular weight excluding hydrogens is 397 g/mol. The molecule has 0 saturated heterocycles. The molecule has 28 heavy (non-hydrogen) atoms. The van der Waals surface area contributed by atoms with Gasteiger partial charge in [-0.3, -0.25) is 4.90 Å². The van der Waals surface area contributed by atoms with Crippen LogP contribution in [0, 0.1) is 0 Å². The number of methoxy groups -OCH3 is 1. The first-order chi connectivity index (χ1) is 13.0. The molecule has 1 aliphatic heterocycles. The van der Waals surface area contributed by atoms with Crippen LogP contribution in [-0.2, 0) is 9.84 Å². The van der Waals surface area contributed by atoms with Crippen molar-refractivity contribution in [2.75, 3.05) is 18.3 Å². The van der Waals surface area contributed by atoms with Gasteiger partial charge in [-0.2, -0.15) is 13.2 Å². The molecule has 2 aromatic carbocycles. The number of amidine groups is 1. The lowest BCUT2D eigenvalue weighted by atomic mass is 10.1. The van der Waals surface area contributed by atoms with E-state index in [-0.39, 0.29) is 16.4 Å². The van der Waals surface area contributed by atoms with Crippen LogP contribution >= 0.6 is 0 Å². The van der Waals surface area contributed by atoms with E-state index in [1.807, 2.05) is 0 Å². The third-order valence-corrected chi connectivity index (χ3v) is 5.39. The van der Waals surface area contributed by atoms with Crippen LogP contribution in [0.3, 0.4) is 0 Å². The molecule has 2 atom stereocenters. The van der Waals surface area contributed by atoms with Crippen molar-refractivity contribution in [1.82, 2.24) is 0 Å². The fraction of sp³-hybridized carbons (Fsp3) is 0.278. The number of aliphatic hydroxyl groups is 1. The highest BCUT2D eigenvalue weighted by atomic mass is 32.2. The average Bonchev–Trinajstić information content (AvgIpc) is 2.98. The van der Waals surface area contributed by atoms with Crippen molar-refractivity contribution in [2.24, 2.45) is 4.99 Å². The molecule has 0 saturated carbocycles. The molecule has 150 valence electrons. The molecule has 10 heteroatoms. The normalized spacial score (nSPS) is 20.2. The molecule has 3 rings (SSSR count). The Hall–Kier alpha value is -2.59. The summed E-state index contributed by atoms with van der Waals surface area (Å²) < 4.78 is 68.3. The molecule has 2 unspecified atom stereocenters. The molecule has 1 aliphatic rings. The summed E-state index contributed by atoms with van der Waals surface area (Å²) in [6.45, 7) is 0. The van der Waals surface area contributed by atoms with E-state index in [1.54, 1.807) is 12.1 Å². The first-order valence-electron chi connectivity index (χ1n) is 8.09. The average molecular weight is 414 g/mol. The summed E-state index contributed by atoms with van der Waals surface area (Å²) in [7, 11) is -2.01. The molecule has 0 aliphatic carbocycles. The van der Waals surface area contributed by atoms with E-state index in [9.17, 15) is 26.7 Å². The maximum atomic E-state index is 13.3. The number of hydrogen-bond acceptors (Lipinski definition) is 6. The van der Waals surface area contributed by atoms with Crippen LogP contribution < -0.4 is 9.64 Å². The Balaban J connectivity index is 2.06. The van der Waals surface area contributed by atoms with Gasteiger partial charge in [-0.25, -0.2) is 13.4 Å². The van der Waals surface area contributed by atoms with Gasteiger partial charge >= 0.3 is 6.18 Å². The number of sulfone groups is 1. The summed E-state index contributed by atoms with van der Waals surface area (Å²) in [6, 6.07) is 9.05. The highest BCUT2D eigenvalue weighted by molar-refractivity contribution is 7.90. The maximum Gasteiger partial charge on any atom is 0.415 e. The highest BCUT2D eigenvalue weighted by Gasteiger charge is 2.51. The Morgan fingerprint density at radius 3 is 2.11 bits per heavy atom. The van der Waals surface area contributed by atoms with Crippen LogP contribution in [0.15, 0.2) is 58.4 Å². The van der Waals surface area contributed by atoms with Crippen LogP contribution in [0.4, 0.5) is 18.9 Å². The number of halogens is 3. The number of hydrogen-bond donors (Lipinski definition) is 1. The van der Waals surface area contributed by atoms with Crippen molar-refractivity contribution in [1.29, 1.82) is 0 Å². The Labute approximate surface area is 159 Å². The largest absolute Gasteiger partial charge is 0.497 e. The first-order valence-corrected chi connectivity index (χ1v) is 9.98. The third-order valence-electron chi connectivity index (χ3n) is 4.26. The van der Waals surface area contributed by atoms with Crippen molar-refractivity contribution in [3.8, 4) is 5.75 Å². The minimum atomic E-state index is -4.75. The van der Waals surface area contributed by atoms with Crippen LogP contribution in [0.2, 0.25) is 0 Å². The van der Waals surface area contributed by atoms with E-state index in [2.05, 4.69) is 4.99 Å². The van der Waals surface area contributed by atoms with Gasteiger partial charge in [0.15, 0.2) is 22.1 Å². The van der Waals surface area contributed by atoms with E-state index in [0.29, 0.717) is 11.3 Å². The van der Waals surface area contributed by atoms with Gasteiger partial charge in [0.25, 0.3) is 0 Å². The summed E-state index contributed by atoms with van der Waals surface area (Å²) >= 11 is 0. The van der Waals surface area contributed by atoms with Gasteiger partial charge in [-0.05, 0) is 48.5 Å². The smallest absolute Gasteiger partial charge is 0.415 e. The van der Waals surface area contributed by atoms with Crippen LogP contribution in [-0.4, -0.2) is 51.2 Å². The monoisotopic (exact) mass is 414 g/mol. The zero-order valence-electron chi connectivity index (χ0n) is 14.9. The molecule has 0 spiro atoms. The Kier molecular flexibility index (Phi) is 5.11. The fourth-order valence-electron chi connectivity index (χ4n) is 2.85. The molecule has 1 heterocycles. The topological polar surface area (TPSA) is 79.2 Å². The second-order valence-corrected chi connectivity index (χ2v) is 8.23. The molecule has 2 aromatic rings. The molecule has 1 N–H and O–H groups in total. The van der Waals surface area contributed by atoms with E-state index in [4.69, 9.17) is 4.74 Å². The summed E-state index contributed by atoms with van der Waals surface area (Å²) in [5, 5.41) is 10.3. The number of aliphatic imine (C=N–C) groups is 1. The highest BCUT2D eigenvalue weighted by Crippen LogP contribution is 2.36. The van der Waals surface area contributed by atoms with Gasteiger partial charge in [0.2, 0.25) is 0 Å². The van der Waals surface area contributed by atoms with Crippen molar-refractivity contribution < 1.29 is 31.4 Å². The van der Waals surface area contributed by atoms with E-state index >= 15 is 0 Å². The zero-order chi connectivity index (χ0) is 20.7. The van der Waals surface area contributed by atoms with Crippen molar-refractivity contribution in [3.05, 3.63) is 54.1 Å². The lowest BCUT2D eigenvalue weighted by Gasteiger charge is -2.27. The van der Waals surface area contributed by atoms with E-state index in [0.717, 1.165) is 11.2 Å². The SMILES string of the molecule is COc1ccc(C2=NC(C(F)(F)F)C(O)N2c2ccc(S(C)(=O)=O)cc2)cc1. The third kappa shape index (κ3) is 3.83. The second-order valence-electron chi connectivity index (χ2n) is 6.22. The molecule has 0 amide bonds. The predicted octanol–water partition coefficient (Wildman–Crippen LogP) is 2.61. The summed E-state index contributed by atoms with van der Waals surface area (Å²) in [5.41, 5.74) is 0.528. The van der Waals surface area contributed by atoms with Crippen molar-refractivity contribution in [2.45, 2.75) is 23.3 Å². The summed E-state index contributed by atoms with van der Waals surface area (Å²) in [5.74, 6) is 0.434. The van der Waals surface area contributed by atoms with Gasteiger partial charge < -0.3 is 9.84 Å². The molecular formula is C18H17F3N2O4S. The number of rotatable bonds is 4. The number of aliphatic hydroxyl groups excluding tert-OH is 1. The van der Waals surface area contributed by atoms with Crippen LogP contribution in [0.25, 0.3) is 0 Å². The Morgan fingerprint density at radius 1 is 1.07 bits per heavy atom. The molecule has 6 nitrogen and oxygen atoms in total. The van der Waals surface area contributed by atoms with Crippen molar-refractivity contribution in [3.63, 3.8) is 0 Å². The summed E-state index contributed by atoms with van der Waals surface area (Å²) in [4.78, 5) is 4.75. The van der Waals surface area contributed by atoms with E-state index in [1.165, 1.54) is 43.5 Å². The van der Waals surface area contributed by atoms with E-state index < -0.39 is 28.3 Å². The lowest BCUT2D eigenvalue weighted by Crippen LogP contribution is -2.45. The fourth-order valence-corrected chi connectivity index (χ4v) is 3.48. The number of alkyl halides is 3. The van der Waals surface area contributed by atoms with Gasteiger partial charge in [0, 0.05) is 17.5 Å². The molecule has 0 aromatic heterocycles. The minimum Gasteiger partial charge on any atom is -0.497 e. The predicted molar refractivity (Wildman–Crippen MR) is 97.4 cm³/mol. The van der Waals surface area contributed by atoms with Gasteiger partial charge in [0.05, 0.1) is 12.0 Å². The number of nitrogens with zero attached hydrogens (tertiary/aromatic N) is 2. The van der Waals surface area contributed by atoms with Crippen LogP contribution in [0.5, 0.6) is 5.75 Å². The lowest BCUT2D eigenvalue weighted by molar-refractivity contribution is -0.163. The number of anilines is 1. The van der Waals surface area contributed by atoms with Crippen LogP contribution in [0.1, 0.15) is 5.56 Å². The molecule has 0 radical (unpaired) electrons. The van der Waals surface area contributed by atoms with Crippen molar-refractivity contribution >= 4 is 21.4 Å².